The third kappa shape index (κ3) is 2.56. The molecule has 1 fully saturated rings. The first kappa shape index (κ1) is 13.0. The Bertz CT molecular complexity index is 538. The molecule has 0 unspecified atom stereocenters. The van der Waals surface area contributed by atoms with Gasteiger partial charge in [-0.1, -0.05) is 0 Å². The quantitative estimate of drug-likeness (QED) is 0.831. The molecule has 1 aliphatic rings. The van der Waals surface area contributed by atoms with E-state index in [2.05, 4.69) is 15.9 Å². The Balaban J connectivity index is 2.21. The topological polar surface area (TPSA) is 54.5 Å². The number of carbonyl (C=O) groups excluding carboxylic acids is 1. The van der Waals surface area contributed by atoms with Crippen LogP contribution in [-0.2, 0) is 14.8 Å². The van der Waals surface area contributed by atoms with Gasteiger partial charge in [-0.3, -0.25) is 4.79 Å². The maximum atomic E-state index is 12.1. The predicted molar refractivity (Wildman–Crippen MR) is 70.6 cm³/mol. The Morgan fingerprint density at radius 1 is 1.53 bits per heavy atom. The van der Waals surface area contributed by atoms with Crippen LogP contribution in [0.5, 0.6) is 0 Å². The van der Waals surface area contributed by atoms with Crippen molar-refractivity contribution in [1.82, 2.24) is 4.31 Å². The Morgan fingerprint density at radius 2 is 2.24 bits per heavy atom. The summed E-state index contributed by atoms with van der Waals surface area (Å²) in [5.74, 6) is -0.643. The summed E-state index contributed by atoms with van der Waals surface area (Å²) in [6.07, 6.45) is 0.537. The van der Waals surface area contributed by atoms with E-state index in [-0.39, 0.29) is 11.7 Å². The predicted octanol–water partition coefficient (Wildman–Crippen LogP) is 2.18. The summed E-state index contributed by atoms with van der Waals surface area (Å²) in [5, 5.41) is 0. The van der Waals surface area contributed by atoms with Gasteiger partial charge in [-0.2, -0.15) is 0 Å². The molecule has 7 heteroatoms. The van der Waals surface area contributed by atoms with Crippen molar-refractivity contribution >= 4 is 43.2 Å². The van der Waals surface area contributed by atoms with Crippen LogP contribution < -0.4 is 0 Å². The Labute approximate surface area is 113 Å². The van der Waals surface area contributed by atoms with Gasteiger partial charge in [0.1, 0.15) is 0 Å². The van der Waals surface area contributed by atoms with Gasteiger partial charge < -0.3 is 0 Å². The van der Waals surface area contributed by atoms with Crippen molar-refractivity contribution in [2.24, 2.45) is 0 Å². The average molecular weight is 338 g/mol. The summed E-state index contributed by atoms with van der Waals surface area (Å²) in [6, 6.07) is 3.71. The van der Waals surface area contributed by atoms with Crippen LogP contribution in [0.25, 0.3) is 0 Å². The Kier molecular flexibility index (Phi) is 3.61. The molecule has 0 aromatic carbocycles. The van der Waals surface area contributed by atoms with Crippen LogP contribution in [0.3, 0.4) is 0 Å². The van der Waals surface area contributed by atoms with Gasteiger partial charge in [0.15, 0.2) is 0 Å². The van der Waals surface area contributed by atoms with E-state index in [9.17, 15) is 13.2 Å². The lowest BCUT2D eigenvalue weighted by molar-refractivity contribution is -0.127. The Morgan fingerprint density at radius 3 is 2.71 bits per heavy atom. The highest BCUT2D eigenvalue weighted by atomic mass is 79.9. The standard InChI is InChI=1S/C10H12BrNO3S2/c1-7(8-3-4-9(11)16-8)10(13)12-5-2-6-17(12,14)15/h3-4,7H,2,5-6H2,1H3/t7-/m1/s1. The molecule has 1 aromatic heterocycles. The Hall–Kier alpha value is -0.400. The molecule has 0 N–H and O–H groups in total. The highest BCUT2D eigenvalue weighted by Gasteiger charge is 2.35. The molecule has 2 heterocycles. The van der Waals surface area contributed by atoms with Crippen molar-refractivity contribution in [3.63, 3.8) is 0 Å². The lowest BCUT2D eigenvalue weighted by Gasteiger charge is -2.18. The fourth-order valence-electron chi connectivity index (χ4n) is 1.79. The lowest BCUT2D eigenvalue weighted by Crippen LogP contribution is -2.35. The average Bonchev–Trinajstić information content (AvgIpc) is 2.82. The molecular formula is C10H12BrNO3S2. The molecule has 0 bridgehead atoms. The first-order valence-electron chi connectivity index (χ1n) is 5.21. The molecule has 94 valence electrons. The normalized spacial score (nSPS) is 20.5. The van der Waals surface area contributed by atoms with E-state index in [1.807, 2.05) is 12.1 Å². The molecule has 0 radical (unpaired) electrons. The highest BCUT2D eigenvalue weighted by Crippen LogP contribution is 2.30. The number of thiophene rings is 1. The number of carbonyl (C=O) groups is 1. The zero-order valence-corrected chi connectivity index (χ0v) is 12.4. The summed E-state index contributed by atoms with van der Waals surface area (Å²) in [5.41, 5.74) is 0. The number of nitrogens with zero attached hydrogens (tertiary/aromatic N) is 1. The van der Waals surface area contributed by atoms with Crippen LogP contribution in [0.4, 0.5) is 0 Å². The fraction of sp³-hybridized carbons (Fsp3) is 0.500. The van der Waals surface area contributed by atoms with Gasteiger partial charge in [0, 0.05) is 11.4 Å². The first-order chi connectivity index (χ1) is 7.92. The highest BCUT2D eigenvalue weighted by molar-refractivity contribution is 9.11. The van der Waals surface area contributed by atoms with Gasteiger partial charge in [0.25, 0.3) is 0 Å². The zero-order valence-electron chi connectivity index (χ0n) is 9.22. The minimum Gasteiger partial charge on any atom is -0.273 e. The van der Waals surface area contributed by atoms with Gasteiger partial charge in [-0.05, 0) is 41.4 Å². The van der Waals surface area contributed by atoms with Crippen LogP contribution in [-0.4, -0.2) is 30.9 Å². The zero-order chi connectivity index (χ0) is 12.6. The van der Waals surface area contributed by atoms with Crippen LogP contribution in [0, 0.1) is 0 Å². The van der Waals surface area contributed by atoms with Gasteiger partial charge in [0.2, 0.25) is 15.9 Å². The second-order valence-corrected chi connectivity index (χ2v) is 8.45. The van der Waals surface area contributed by atoms with Gasteiger partial charge in [0.05, 0.1) is 15.5 Å². The minimum atomic E-state index is -3.36. The molecule has 1 aromatic rings. The van der Waals surface area contributed by atoms with Gasteiger partial charge in [-0.15, -0.1) is 11.3 Å². The minimum absolute atomic E-state index is 0.0829. The second-order valence-electron chi connectivity index (χ2n) is 3.94. The van der Waals surface area contributed by atoms with E-state index < -0.39 is 15.9 Å². The van der Waals surface area contributed by atoms with Crippen molar-refractivity contribution in [2.45, 2.75) is 19.3 Å². The summed E-state index contributed by atoms with van der Waals surface area (Å²) in [7, 11) is -3.36. The molecule has 1 saturated heterocycles. The molecule has 2 rings (SSSR count). The molecule has 17 heavy (non-hydrogen) atoms. The molecule has 0 aliphatic carbocycles. The van der Waals surface area contributed by atoms with Crippen LogP contribution in [0.2, 0.25) is 0 Å². The molecule has 4 nitrogen and oxygen atoms in total. The van der Waals surface area contributed by atoms with Crippen molar-refractivity contribution in [2.75, 3.05) is 12.3 Å². The fourth-order valence-corrected chi connectivity index (χ4v) is 4.81. The van der Waals surface area contributed by atoms with Crippen molar-refractivity contribution < 1.29 is 13.2 Å². The number of amides is 1. The van der Waals surface area contributed by atoms with E-state index in [0.717, 1.165) is 13.0 Å². The second kappa shape index (κ2) is 4.70. The number of hydrogen-bond donors (Lipinski definition) is 0. The third-order valence-corrected chi connectivity index (χ3v) is 6.38. The number of rotatable bonds is 2. The summed E-state index contributed by atoms with van der Waals surface area (Å²) >= 11 is 4.79. The van der Waals surface area contributed by atoms with Crippen LogP contribution >= 0.6 is 27.3 Å². The van der Waals surface area contributed by atoms with Crippen LogP contribution in [0.15, 0.2) is 15.9 Å². The van der Waals surface area contributed by atoms with E-state index in [4.69, 9.17) is 0 Å². The monoisotopic (exact) mass is 337 g/mol. The number of halogens is 1. The molecule has 0 spiro atoms. The maximum absolute atomic E-state index is 12.1. The summed E-state index contributed by atoms with van der Waals surface area (Å²) in [6.45, 7) is 2.06. The van der Waals surface area contributed by atoms with E-state index in [0.29, 0.717) is 13.0 Å². The molecule has 1 amide bonds. The van der Waals surface area contributed by atoms with Crippen LogP contribution in [0.1, 0.15) is 24.1 Å². The third-order valence-electron chi connectivity index (χ3n) is 2.74. The van der Waals surface area contributed by atoms with Gasteiger partial charge >= 0.3 is 0 Å². The van der Waals surface area contributed by atoms with E-state index in [1.54, 1.807) is 6.92 Å². The van der Waals surface area contributed by atoms with Crippen molar-refractivity contribution in [3.8, 4) is 0 Å². The molecule has 1 atom stereocenters. The SMILES string of the molecule is C[C@@H](C(=O)N1CCCS1(=O)=O)c1ccc(Br)s1. The smallest absolute Gasteiger partial charge is 0.244 e. The van der Waals surface area contributed by atoms with Crippen molar-refractivity contribution in [3.05, 3.63) is 20.8 Å². The maximum Gasteiger partial charge on any atom is 0.244 e. The molecule has 1 aliphatic heterocycles. The van der Waals surface area contributed by atoms with Crippen molar-refractivity contribution in [1.29, 1.82) is 0 Å². The molecular weight excluding hydrogens is 326 g/mol. The van der Waals surface area contributed by atoms with E-state index >= 15 is 0 Å². The number of hydrogen-bond acceptors (Lipinski definition) is 4. The first-order valence-corrected chi connectivity index (χ1v) is 8.43. The van der Waals surface area contributed by atoms with Gasteiger partial charge in [-0.25, -0.2) is 12.7 Å². The lowest BCUT2D eigenvalue weighted by atomic mass is 10.1. The summed E-state index contributed by atoms with van der Waals surface area (Å²) < 4.78 is 25.2. The van der Waals surface area contributed by atoms with E-state index in [1.165, 1.54) is 11.3 Å². The largest absolute Gasteiger partial charge is 0.273 e. The molecule has 0 saturated carbocycles. The number of sulfonamides is 1. The summed E-state index contributed by atoms with van der Waals surface area (Å²) in [4.78, 5) is 13.0.